The van der Waals surface area contributed by atoms with Gasteiger partial charge in [-0.25, -0.2) is 0 Å². The highest BCUT2D eigenvalue weighted by molar-refractivity contribution is 4.47. The number of rotatable bonds is 4. The molecule has 0 aromatic heterocycles. The molecule has 0 bridgehead atoms. The highest BCUT2D eigenvalue weighted by atomic mass is 16.5. The van der Waals surface area contributed by atoms with Gasteiger partial charge in [-0.05, 0) is 6.42 Å². The molecule has 0 aromatic rings. The second-order valence-corrected chi connectivity index (χ2v) is 1.35. The van der Waals surface area contributed by atoms with E-state index >= 15 is 0 Å². The van der Waals surface area contributed by atoms with Crippen molar-refractivity contribution in [2.45, 2.75) is 19.8 Å². The normalized spacial score (nSPS) is 10.1. The molecule has 0 aliphatic rings. The van der Waals surface area contributed by atoms with Crippen LogP contribution in [0.1, 0.15) is 21.1 Å². The zero-order valence-corrected chi connectivity index (χ0v) is 4.74. The predicted octanol–water partition coefficient (Wildman–Crippen LogP) is 1.95. The van der Waals surface area contributed by atoms with Crippen LogP contribution in [-0.4, -0.2) is 6.61 Å². The van der Waals surface area contributed by atoms with Crippen LogP contribution < -0.4 is 0 Å². The van der Waals surface area contributed by atoms with Crippen LogP contribution in [0.3, 0.4) is 0 Å². The Morgan fingerprint density at radius 2 is 2.71 bits per heavy atom. The van der Waals surface area contributed by atoms with Crippen molar-refractivity contribution in [2.24, 2.45) is 0 Å². The van der Waals surface area contributed by atoms with Crippen LogP contribution in [0.25, 0.3) is 0 Å². The van der Waals surface area contributed by atoms with E-state index in [0.29, 0.717) is 6.61 Å². The highest BCUT2D eigenvalue weighted by Gasteiger charge is 1.76. The van der Waals surface area contributed by atoms with Gasteiger partial charge in [0.15, 0.2) is 0 Å². The van der Waals surface area contributed by atoms with E-state index < -0.39 is 0 Å². The van der Waals surface area contributed by atoms with Crippen molar-refractivity contribution < 1.29 is 6.11 Å². The van der Waals surface area contributed by atoms with Crippen LogP contribution in [-0.2, 0) is 4.74 Å². The van der Waals surface area contributed by atoms with Crippen LogP contribution in [0.2, 0.25) is 0 Å². The quantitative estimate of drug-likeness (QED) is 0.388. The Kier molecular flexibility index (Phi) is 3.71. The fraction of sp³-hybridized carbons (Fsp3) is 0.667. The summed E-state index contributed by atoms with van der Waals surface area (Å²) in [6.45, 7) is 5.99. The fourth-order valence-corrected chi connectivity index (χ4v) is 0.289. The van der Waals surface area contributed by atoms with Gasteiger partial charge in [0, 0.05) is 0 Å². The first-order valence-electron chi connectivity index (χ1n) is 3.05. The van der Waals surface area contributed by atoms with Gasteiger partial charge in [-0.2, -0.15) is 0 Å². The number of unbranched alkanes of at least 4 members (excludes halogenated alkanes) is 1. The minimum Gasteiger partial charge on any atom is -0.502 e. The Morgan fingerprint density at radius 3 is 3.14 bits per heavy atom. The van der Waals surface area contributed by atoms with Crippen LogP contribution in [0.4, 0.5) is 0 Å². The Labute approximate surface area is 46.4 Å². The Bertz CT molecular complexity index is 70.9. The van der Waals surface area contributed by atoms with E-state index in [1.165, 1.54) is 0 Å². The van der Waals surface area contributed by atoms with Gasteiger partial charge in [0.2, 0.25) is 0 Å². The average Bonchev–Trinajstić information content (AvgIpc) is 1.66. The first kappa shape index (κ1) is 4.69. The van der Waals surface area contributed by atoms with E-state index in [2.05, 4.69) is 13.5 Å². The van der Waals surface area contributed by atoms with Gasteiger partial charge in [0.1, 0.15) is 1.37 Å². The molecule has 0 radical (unpaired) electrons. The molecule has 0 spiro atoms. The molecular formula is C6H12O. The van der Waals surface area contributed by atoms with Crippen molar-refractivity contribution in [1.29, 1.82) is 0 Å². The molecule has 42 valence electrons. The van der Waals surface area contributed by atoms with Crippen LogP contribution in [0.15, 0.2) is 12.8 Å². The van der Waals surface area contributed by atoms with Gasteiger partial charge in [0.05, 0.1) is 12.8 Å². The summed E-state index contributed by atoms with van der Waals surface area (Å²) in [4.78, 5) is 0. The van der Waals surface area contributed by atoms with Crippen LogP contribution in [0.5, 0.6) is 0 Å². The summed E-state index contributed by atoms with van der Waals surface area (Å²) < 4.78 is 11.5. The highest BCUT2D eigenvalue weighted by Crippen LogP contribution is 1.85. The molecule has 1 nitrogen and oxygen atoms in total. The second-order valence-electron chi connectivity index (χ2n) is 1.35. The molecule has 0 N–H and O–H groups in total. The molecular weight excluding hydrogens is 88.1 g/mol. The zero-order chi connectivity index (χ0) is 6.41. The van der Waals surface area contributed by atoms with Crippen molar-refractivity contribution in [3.63, 3.8) is 0 Å². The maximum atomic E-state index is 6.74. The Hall–Kier alpha value is -0.460. The minimum absolute atomic E-state index is 0.0680. The maximum absolute atomic E-state index is 6.74. The average molecular weight is 101 g/mol. The van der Waals surface area contributed by atoms with Crippen molar-refractivity contribution in [3.8, 4) is 0 Å². The third-order valence-corrected chi connectivity index (χ3v) is 0.702. The van der Waals surface area contributed by atoms with Gasteiger partial charge in [-0.1, -0.05) is 19.9 Å². The molecule has 0 aliphatic carbocycles. The Morgan fingerprint density at radius 1 is 2.00 bits per heavy atom. The first-order chi connectivity index (χ1) is 3.77. The van der Waals surface area contributed by atoms with Crippen LogP contribution in [0, 0.1) is 0 Å². The lowest BCUT2D eigenvalue weighted by Crippen LogP contribution is -1.83. The Balaban J connectivity index is 2.82. The van der Waals surface area contributed by atoms with Crippen molar-refractivity contribution in [1.82, 2.24) is 0 Å². The molecule has 0 atom stereocenters. The monoisotopic (exact) mass is 101 g/mol. The van der Waals surface area contributed by atoms with Gasteiger partial charge in [0.25, 0.3) is 0 Å². The standard InChI is InChI=1S/C6H12O/c1-3-5-6-7-4-2/h4H,2-3,5-6H2,1H3/i4D. The number of hydrogen-bond donors (Lipinski definition) is 0. The molecule has 0 aliphatic heterocycles. The maximum Gasteiger partial charge on any atom is 0.103 e. The third-order valence-electron chi connectivity index (χ3n) is 0.702. The molecule has 0 saturated carbocycles. The van der Waals surface area contributed by atoms with E-state index in [1.54, 1.807) is 0 Å². The summed E-state index contributed by atoms with van der Waals surface area (Å²) in [5.74, 6) is 0. The molecule has 0 rings (SSSR count). The van der Waals surface area contributed by atoms with E-state index in [9.17, 15) is 0 Å². The first-order valence-corrected chi connectivity index (χ1v) is 2.55. The largest absolute Gasteiger partial charge is 0.502 e. The predicted molar refractivity (Wildman–Crippen MR) is 31.1 cm³/mol. The molecule has 7 heavy (non-hydrogen) atoms. The molecule has 1 heteroatoms. The lowest BCUT2D eigenvalue weighted by molar-refractivity contribution is 0.245. The van der Waals surface area contributed by atoms with E-state index in [0.717, 1.165) is 12.8 Å². The SMILES string of the molecule is [2H]C(=C)OCCCC. The van der Waals surface area contributed by atoms with Crippen molar-refractivity contribution >= 4 is 0 Å². The lowest BCUT2D eigenvalue weighted by atomic mass is 10.4. The summed E-state index contributed by atoms with van der Waals surface area (Å²) in [7, 11) is 0. The summed E-state index contributed by atoms with van der Waals surface area (Å²) in [6.07, 6.45) is 2.18. The molecule has 0 saturated heterocycles. The summed E-state index contributed by atoms with van der Waals surface area (Å²) in [5.41, 5.74) is 0. The zero-order valence-electron chi connectivity index (χ0n) is 5.74. The fourth-order valence-electron chi connectivity index (χ4n) is 0.289. The second kappa shape index (κ2) is 5.54. The van der Waals surface area contributed by atoms with Gasteiger partial charge < -0.3 is 4.74 Å². The van der Waals surface area contributed by atoms with Crippen molar-refractivity contribution in [2.75, 3.05) is 6.61 Å². The number of hydrogen-bond acceptors (Lipinski definition) is 1. The molecule has 0 fully saturated rings. The summed E-state index contributed by atoms with van der Waals surface area (Å²) in [5, 5.41) is 0. The topological polar surface area (TPSA) is 9.23 Å². The third kappa shape index (κ3) is 5.54. The summed E-state index contributed by atoms with van der Waals surface area (Å²) >= 11 is 0. The van der Waals surface area contributed by atoms with Gasteiger partial charge >= 0.3 is 0 Å². The van der Waals surface area contributed by atoms with E-state index in [1.807, 2.05) is 0 Å². The van der Waals surface area contributed by atoms with Gasteiger partial charge in [-0.3, -0.25) is 0 Å². The smallest absolute Gasteiger partial charge is 0.103 e. The van der Waals surface area contributed by atoms with E-state index in [-0.39, 0.29) is 6.24 Å². The molecule has 0 amide bonds. The minimum atomic E-state index is 0.0680. The van der Waals surface area contributed by atoms with E-state index in [4.69, 9.17) is 6.11 Å². The lowest BCUT2D eigenvalue weighted by Gasteiger charge is -1.93. The number of ether oxygens (including phenoxy) is 1. The van der Waals surface area contributed by atoms with Crippen LogP contribution >= 0.6 is 0 Å². The molecule has 0 heterocycles. The van der Waals surface area contributed by atoms with Gasteiger partial charge in [-0.15, -0.1) is 0 Å². The molecule has 0 aromatic carbocycles. The summed E-state index contributed by atoms with van der Waals surface area (Å²) in [6, 6.07) is 0. The van der Waals surface area contributed by atoms with Crippen molar-refractivity contribution in [3.05, 3.63) is 12.8 Å². The molecule has 0 unspecified atom stereocenters.